The normalized spacial score (nSPS) is 25.4. The number of benzene rings is 1. The first-order chi connectivity index (χ1) is 7.66. The molecular formula is C13H18BrNO. The van der Waals surface area contributed by atoms with Crippen LogP contribution >= 0.6 is 15.9 Å². The predicted molar refractivity (Wildman–Crippen MR) is 70.8 cm³/mol. The molecule has 0 radical (unpaired) electrons. The van der Waals surface area contributed by atoms with Gasteiger partial charge in [-0.15, -0.1) is 0 Å². The average Bonchev–Trinajstić information content (AvgIpc) is 2.25. The van der Waals surface area contributed by atoms with Gasteiger partial charge in [-0.1, -0.05) is 28.8 Å². The predicted octanol–water partition coefficient (Wildman–Crippen LogP) is 3.47. The van der Waals surface area contributed by atoms with E-state index in [1.54, 1.807) is 0 Å². The minimum atomic E-state index is -0.197. The maximum absolute atomic E-state index is 9.90. The fourth-order valence-electron chi connectivity index (χ4n) is 2.27. The van der Waals surface area contributed by atoms with Crippen LogP contribution in [0.5, 0.6) is 0 Å². The number of hydrogen-bond acceptors (Lipinski definition) is 2. The molecule has 0 aliphatic heterocycles. The lowest BCUT2D eigenvalue weighted by Gasteiger charge is -2.29. The van der Waals surface area contributed by atoms with Crippen LogP contribution in [0.1, 0.15) is 31.2 Å². The fraction of sp³-hybridized carbons (Fsp3) is 0.538. The monoisotopic (exact) mass is 283 g/mol. The molecule has 1 aliphatic carbocycles. The summed E-state index contributed by atoms with van der Waals surface area (Å²) in [6.45, 7) is 2.09. The molecule has 0 aromatic heterocycles. The van der Waals surface area contributed by atoms with Crippen LogP contribution in [0, 0.1) is 6.92 Å². The summed E-state index contributed by atoms with van der Waals surface area (Å²) in [5.74, 6) is 0. The Bertz CT molecular complexity index is 367. The molecule has 2 rings (SSSR count). The van der Waals surface area contributed by atoms with Crippen LogP contribution in [0.4, 0.5) is 5.69 Å². The zero-order valence-electron chi connectivity index (χ0n) is 9.54. The second kappa shape index (κ2) is 5.19. The Kier molecular flexibility index (Phi) is 3.87. The Balaban J connectivity index is 2.07. The van der Waals surface area contributed by atoms with Crippen LogP contribution in [0.2, 0.25) is 0 Å². The number of nitrogens with one attached hydrogen (secondary N) is 1. The maximum Gasteiger partial charge on any atom is 0.0741 e. The molecule has 1 aliphatic rings. The highest BCUT2D eigenvalue weighted by atomic mass is 79.9. The Morgan fingerprint density at radius 3 is 2.75 bits per heavy atom. The second-order valence-electron chi connectivity index (χ2n) is 4.56. The Morgan fingerprint density at radius 1 is 1.31 bits per heavy atom. The molecule has 0 spiro atoms. The van der Waals surface area contributed by atoms with E-state index in [1.807, 2.05) is 6.07 Å². The quantitative estimate of drug-likeness (QED) is 0.871. The van der Waals surface area contributed by atoms with E-state index in [1.165, 1.54) is 12.0 Å². The van der Waals surface area contributed by atoms with Crippen molar-refractivity contribution in [1.82, 2.24) is 0 Å². The number of anilines is 1. The van der Waals surface area contributed by atoms with Crippen molar-refractivity contribution in [3.05, 3.63) is 28.2 Å². The van der Waals surface area contributed by atoms with Crippen molar-refractivity contribution in [3.63, 3.8) is 0 Å². The van der Waals surface area contributed by atoms with Crippen LogP contribution in [0.25, 0.3) is 0 Å². The Labute approximate surface area is 105 Å². The van der Waals surface area contributed by atoms with Crippen molar-refractivity contribution in [3.8, 4) is 0 Å². The molecule has 16 heavy (non-hydrogen) atoms. The average molecular weight is 284 g/mol. The molecule has 1 fully saturated rings. The van der Waals surface area contributed by atoms with Gasteiger partial charge in [-0.05, 0) is 43.5 Å². The van der Waals surface area contributed by atoms with Gasteiger partial charge in [-0.2, -0.15) is 0 Å². The molecule has 88 valence electrons. The highest BCUT2D eigenvalue weighted by molar-refractivity contribution is 9.10. The van der Waals surface area contributed by atoms with Crippen molar-refractivity contribution >= 4 is 21.6 Å². The largest absolute Gasteiger partial charge is 0.391 e. The summed E-state index contributed by atoms with van der Waals surface area (Å²) in [5.41, 5.74) is 2.35. The van der Waals surface area contributed by atoms with E-state index >= 15 is 0 Å². The highest BCUT2D eigenvalue weighted by Gasteiger charge is 2.22. The summed E-state index contributed by atoms with van der Waals surface area (Å²) in [6.07, 6.45) is 4.16. The van der Waals surface area contributed by atoms with Crippen molar-refractivity contribution in [2.75, 3.05) is 5.32 Å². The molecule has 2 nitrogen and oxygen atoms in total. The van der Waals surface area contributed by atoms with E-state index in [0.29, 0.717) is 0 Å². The van der Waals surface area contributed by atoms with Gasteiger partial charge in [0.05, 0.1) is 12.1 Å². The minimum absolute atomic E-state index is 0.197. The number of aliphatic hydroxyl groups is 1. The van der Waals surface area contributed by atoms with Crippen LogP contribution in [0.3, 0.4) is 0 Å². The lowest BCUT2D eigenvalue weighted by Crippen LogP contribution is -2.36. The second-order valence-corrected chi connectivity index (χ2v) is 5.48. The van der Waals surface area contributed by atoms with Gasteiger partial charge in [0, 0.05) is 10.2 Å². The number of aryl methyl sites for hydroxylation is 1. The number of aliphatic hydroxyl groups excluding tert-OH is 1. The Morgan fingerprint density at radius 2 is 2.06 bits per heavy atom. The van der Waals surface area contributed by atoms with Crippen LogP contribution < -0.4 is 5.32 Å². The number of halogens is 1. The smallest absolute Gasteiger partial charge is 0.0741 e. The third-order valence-corrected chi connectivity index (χ3v) is 3.75. The zero-order valence-corrected chi connectivity index (χ0v) is 11.1. The van der Waals surface area contributed by atoms with E-state index in [2.05, 4.69) is 40.3 Å². The van der Waals surface area contributed by atoms with Crippen molar-refractivity contribution in [2.45, 2.75) is 44.8 Å². The standard InChI is InChI=1S/C13H18BrNO/c1-9-8-10(14)6-7-11(9)15-12-4-2-3-5-13(12)16/h6-8,12-13,15-16H,2-5H2,1H3. The van der Waals surface area contributed by atoms with Crippen molar-refractivity contribution < 1.29 is 5.11 Å². The maximum atomic E-state index is 9.90. The summed E-state index contributed by atoms with van der Waals surface area (Å²) < 4.78 is 1.10. The van der Waals surface area contributed by atoms with Crippen molar-refractivity contribution in [2.24, 2.45) is 0 Å². The molecule has 0 heterocycles. The molecule has 2 N–H and O–H groups in total. The van der Waals surface area contributed by atoms with E-state index in [-0.39, 0.29) is 12.1 Å². The van der Waals surface area contributed by atoms with Crippen LogP contribution in [-0.2, 0) is 0 Å². The third kappa shape index (κ3) is 2.77. The van der Waals surface area contributed by atoms with Gasteiger partial charge in [0.25, 0.3) is 0 Å². The zero-order chi connectivity index (χ0) is 11.5. The van der Waals surface area contributed by atoms with Gasteiger partial charge in [-0.3, -0.25) is 0 Å². The third-order valence-electron chi connectivity index (χ3n) is 3.26. The lowest BCUT2D eigenvalue weighted by molar-refractivity contribution is 0.116. The summed E-state index contributed by atoms with van der Waals surface area (Å²) in [6, 6.07) is 6.41. The molecule has 1 aromatic carbocycles. The summed E-state index contributed by atoms with van der Waals surface area (Å²) in [7, 11) is 0. The summed E-state index contributed by atoms with van der Waals surface area (Å²) >= 11 is 3.46. The first-order valence-corrected chi connectivity index (χ1v) is 6.67. The first kappa shape index (κ1) is 11.9. The Hall–Kier alpha value is -0.540. The molecule has 2 atom stereocenters. The van der Waals surface area contributed by atoms with E-state index in [0.717, 1.165) is 29.4 Å². The molecule has 2 unspecified atom stereocenters. The topological polar surface area (TPSA) is 32.3 Å². The number of rotatable bonds is 2. The van der Waals surface area contributed by atoms with E-state index in [4.69, 9.17) is 0 Å². The van der Waals surface area contributed by atoms with E-state index < -0.39 is 0 Å². The van der Waals surface area contributed by atoms with Gasteiger partial charge < -0.3 is 10.4 Å². The fourth-order valence-corrected chi connectivity index (χ4v) is 2.74. The molecule has 1 aromatic rings. The molecule has 0 bridgehead atoms. The van der Waals surface area contributed by atoms with Crippen LogP contribution in [-0.4, -0.2) is 17.3 Å². The summed E-state index contributed by atoms with van der Waals surface area (Å²) in [4.78, 5) is 0. The SMILES string of the molecule is Cc1cc(Br)ccc1NC1CCCCC1O. The molecule has 1 saturated carbocycles. The molecule has 0 amide bonds. The lowest BCUT2D eigenvalue weighted by atomic mass is 9.92. The van der Waals surface area contributed by atoms with Crippen LogP contribution in [0.15, 0.2) is 22.7 Å². The van der Waals surface area contributed by atoms with Gasteiger partial charge in [-0.25, -0.2) is 0 Å². The molecule has 3 heteroatoms. The van der Waals surface area contributed by atoms with Gasteiger partial charge in [0.2, 0.25) is 0 Å². The van der Waals surface area contributed by atoms with Gasteiger partial charge in [0.15, 0.2) is 0 Å². The molecule has 0 saturated heterocycles. The number of hydrogen-bond donors (Lipinski definition) is 2. The van der Waals surface area contributed by atoms with E-state index in [9.17, 15) is 5.11 Å². The molecular weight excluding hydrogens is 266 g/mol. The van der Waals surface area contributed by atoms with Gasteiger partial charge >= 0.3 is 0 Å². The minimum Gasteiger partial charge on any atom is -0.391 e. The van der Waals surface area contributed by atoms with Gasteiger partial charge in [0.1, 0.15) is 0 Å². The highest BCUT2D eigenvalue weighted by Crippen LogP contribution is 2.25. The first-order valence-electron chi connectivity index (χ1n) is 5.87. The summed E-state index contributed by atoms with van der Waals surface area (Å²) in [5, 5.41) is 13.4. The van der Waals surface area contributed by atoms with Crippen molar-refractivity contribution in [1.29, 1.82) is 0 Å².